The normalized spacial score (nSPS) is 20.6. The molecule has 1 aliphatic heterocycles. The number of rotatable bonds is 5. The van der Waals surface area contributed by atoms with Gasteiger partial charge in [-0.05, 0) is 31.0 Å². The molecule has 0 amide bonds. The number of nitrogens with zero attached hydrogens (tertiary/aromatic N) is 3. The second-order valence-electron chi connectivity index (χ2n) is 6.79. The van der Waals surface area contributed by atoms with Crippen LogP contribution in [0.2, 0.25) is 15.1 Å². The van der Waals surface area contributed by atoms with E-state index >= 15 is 0 Å². The number of aromatic nitrogens is 2. The fourth-order valence-corrected chi connectivity index (χ4v) is 3.73. The van der Waals surface area contributed by atoms with E-state index in [0.717, 1.165) is 31.4 Å². The van der Waals surface area contributed by atoms with Crippen molar-refractivity contribution in [1.82, 2.24) is 14.7 Å². The highest BCUT2D eigenvalue weighted by Gasteiger charge is 2.32. The summed E-state index contributed by atoms with van der Waals surface area (Å²) in [5.41, 5.74) is 0.806. The highest BCUT2D eigenvalue weighted by Crippen LogP contribution is 2.29. The number of morpholine rings is 1. The van der Waals surface area contributed by atoms with E-state index in [1.807, 2.05) is 6.07 Å². The monoisotopic (exact) mass is 428 g/mol. The van der Waals surface area contributed by atoms with Gasteiger partial charge in [0.2, 0.25) is 0 Å². The number of hydrogen-bond acceptors (Lipinski definition) is 5. The highest BCUT2D eigenvalue weighted by atomic mass is 35.5. The first-order chi connectivity index (χ1) is 13.0. The lowest BCUT2D eigenvalue weighted by molar-refractivity contribution is -0.0241. The standard InChI is InChI=1S/C18H19Cl3N4O2/c19-14-7-12(25-18(26)17(21)15(20)9-23-25)3-4-16(14)22-8-13-10-24(5-6-27-13)11-1-2-11/h3-4,7,9,11,13,22H,1-2,5-6,8,10H2. The van der Waals surface area contributed by atoms with Crippen LogP contribution in [-0.4, -0.2) is 53.1 Å². The largest absolute Gasteiger partial charge is 0.381 e. The van der Waals surface area contributed by atoms with Gasteiger partial charge in [-0.2, -0.15) is 9.78 Å². The Kier molecular flexibility index (Phi) is 5.62. The molecular weight excluding hydrogens is 411 g/mol. The number of ether oxygens (including phenoxy) is 1. The van der Waals surface area contributed by atoms with Gasteiger partial charge in [0.15, 0.2) is 0 Å². The molecule has 6 nitrogen and oxygen atoms in total. The Bertz CT molecular complexity index is 901. The minimum atomic E-state index is -0.489. The van der Waals surface area contributed by atoms with Crippen molar-refractivity contribution in [3.05, 3.63) is 49.8 Å². The molecule has 1 aromatic heterocycles. The quantitative estimate of drug-likeness (QED) is 0.789. The van der Waals surface area contributed by atoms with Crippen LogP contribution in [0.1, 0.15) is 12.8 Å². The van der Waals surface area contributed by atoms with Crippen molar-refractivity contribution in [2.75, 3.05) is 31.6 Å². The summed E-state index contributed by atoms with van der Waals surface area (Å²) in [4.78, 5) is 14.7. The van der Waals surface area contributed by atoms with E-state index in [2.05, 4.69) is 15.3 Å². The predicted octanol–water partition coefficient (Wildman–Crippen LogP) is 3.47. The SMILES string of the molecule is O=c1c(Cl)c(Cl)cnn1-c1ccc(NCC2CN(C3CC3)CCO2)c(Cl)c1. The van der Waals surface area contributed by atoms with E-state index in [-0.39, 0.29) is 16.1 Å². The van der Waals surface area contributed by atoms with Crippen molar-refractivity contribution in [2.24, 2.45) is 0 Å². The topological polar surface area (TPSA) is 59.4 Å². The Balaban J connectivity index is 1.44. The molecular formula is C18H19Cl3N4O2. The van der Waals surface area contributed by atoms with E-state index < -0.39 is 5.56 Å². The molecule has 2 heterocycles. The molecule has 0 bridgehead atoms. The van der Waals surface area contributed by atoms with Crippen LogP contribution in [-0.2, 0) is 4.74 Å². The second-order valence-corrected chi connectivity index (χ2v) is 7.98. The molecule has 1 unspecified atom stereocenters. The molecule has 1 atom stereocenters. The first-order valence-electron chi connectivity index (χ1n) is 8.85. The summed E-state index contributed by atoms with van der Waals surface area (Å²) in [5.74, 6) is 0. The van der Waals surface area contributed by atoms with Crippen molar-refractivity contribution in [1.29, 1.82) is 0 Å². The average Bonchev–Trinajstić information content (AvgIpc) is 3.51. The third-order valence-electron chi connectivity index (χ3n) is 4.83. The Hall–Kier alpha value is -1.31. The molecule has 0 spiro atoms. The highest BCUT2D eigenvalue weighted by molar-refractivity contribution is 6.41. The third-order valence-corrected chi connectivity index (χ3v) is 5.89. The first kappa shape index (κ1) is 19.0. The Morgan fingerprint density at radius 3 is 2.78 bits per heavy atom. The van der Waals surface area contributed by atoms with Gasteiger partial charge in [0.25, 0.3) is 5.56 Å². The Morgan fingerprint density at radius 2 is 2.04 bits per heavy atom. The summed E-state index contributed by atoms with van der Waals surface area (Å²) in [7, 11) is 0. The van der Waals surface area contributed by atoms with Crippen LogP contribution in [0.25, 0.3) is 5.69 Å². The van der Waals surface area contributed by atoms with Gasteiger partial charge in [0.1, 0.15) is 5.02 Å². The fraction of sp³-hybridized carbons (Fsp3) is 0.444. The Labute approximate surface area is 172 Å². The van der Waals surface area contributed by atoms with Crippen molar-refractivity contribution in [3.63, 3.8) is 0 Å². The van der Waals surface area contributed by atoms with Crippen LogP contribution in [0.3, 0.4) is 0 Å². The molecule has 1 saturated heterocycles. The maximum absolute atomic E-state index is 12.2. The Morgan fingerprint density at radius 1 is 1.22 bits per heavy atom. The van der Waals surface area contributed by atoms with E-state index in [4.69, 9.17) is 39.5 Å². The molecule has 1 aliphatic carbocycles. The second kappa shape index (κ2) is 7.97. The lowest BCUT2D eigenvalue weighted by atomic mass is 10.2. The average molecular weight is 430 g/mol. The molecule has 144 valence electrons. The summed E-state index contributed by atoms with van der Waals surface area (Å²) in [6.07, 6.45) is 4.07. The summed E-state index contributed by atoms with van der Waals surface area (Å²) >= 11 is 18.1. The van der Waals surface area contributed by atoms with Crippen LogP contribution in [0.4, 0.5) is 5.69 Å². The zero-order valence-electron chi connectivity index (χ0n) is 14.5. The van der Waals surface area contributed by atoms with Gasteiger partial charge in [-0.1, -0.05) is 34.8 Å². The molecule has 1 aromatic carbocycles. The molecule has 2 aromatic rings. The predicted molar refractivity (Wildman–Crippen MR) is 108 cm³/mol. The number of halogens is 3. The molecule has 2 fully saturated rings. The van der Waals surface area contributed by atoms with Gasteiger partial charge >= 0.3 is 0 Å². The van der Waals surface area contributed by atoms with E-state index in [1.54, 1.807) is 12.1 Å². The van der Waals surface area contributed by atoms with Gasteiger partial charge in [-0.25, -0.2) is 0 Å². The van der Waals surface area contributed by atoms with Crippen LogP contribution in [0, 0.1) is 0 Å². The summed E-state index contributed by atoms with van der Waals surface area (Å²) < 4.78 is 7.02. The smallest absolute Gasteiger partial charge is 0.291 e. The van der Waals surface area contributed by atoms with E-state index in [1.165, 1.54) is 23.7 Å². The molecule has 2 aliphatic rings. The summed E-state index contributed by atoms with van der Waals surface area (Å²) in [6.45, 7) is 3.40. The van der Waals surface area contributed by atoms with Crippen LogP contribution in [0.5, 0.6) is 0 Å². The molecule has 1 saturated carbocycles. The van der Waals surface area contributed by atoms with Gasteiger partial charge in [0, 0.05) is 25.7 Å². The van der Waals surface area contributed by atoms with Crippen molar-refractivity contribution < 1.29 is 4.74 Å². The maximum atomic E-state index is 12.2. The molecule has 1 N–H and O–H groups in total. The zero-order chi connectivity index (χ0) is 19.0. The first-order valence-corrected chi connectivity index (χ1v) is 9.99. The minimum absolute atomic E-state index is 0.0698. The van der Waals surface area contributed by atoms with Crippen molar-refractivity contribution in [2.45, 2.75) is 25.0 Å². The number of hydrogen-bond donors (Lipinski definition) is 1. The van der Waals surface area contributed by atoms with Crippen LogP contribution in [0.15, 0.2) is 29.2 Å². The minimum Gasteiger partial charge on any atom is -0.381 e. The maximum Gasteiger partial charge on any atom is 0.291 e. The molecule has 27 heavy (non-hydrogen) atoms. The van der Waals surface area contributed by atoms with E-state index in [0.29, 0.717) is 17.3 Å². The van der Waals surface area contributed by atoms with E-state index in [9.17, 15) is 4.79 Å². The fourth-order valence-electron chi connectivity index (χ4n) is 3.24. The van der Waals surface area contributed by atoms with Crippen LogP contribution < -0.4 is 10.9 Å². The summed E-state index contributed by atoms with van der Waals surface area (Å²) in [6, 6.07) is 5.98. The van der Waals surface area contributed by atoms with Crippen molar-refractivity contribution in [3.8, 4) is 5.69 Å². The lowest BCUT2D eigenvalue weighted by Gasteiger charge is -2.33. The number of nitrogens with one attached hydrogen (secondary N) is 1. The van der Waals surface area contributed by atoms with Gasteiger partial charge in [-0.15, -0.1) is 0 Å². The summed E-state index contributed by atoms with van der Waals surface area (Å²) in [5, 5.41) is 7.89. The molecule has 4 rings (SSSR count). The zero-order valence-corrected chi connectivity index (χ0v) is 16.8. The van der Waals surface area contributed by atoms with Gasteiger partial charge in [-0.3, -0.25) is 9.69 Å². The number of benzene rings is 1. The van der Waals surface area contributed by atoms with Gasteiger partial charge in [0.05, 0.1) is 40.3 Å². The molecule has 9 heteroatoms. The number of anilines is 1. The van der Waals surface area contributed by atoms with Crippen LogP contribution >= 0.6 is 34.8 Å². The van der Waals surface area contributed by atoms with Crippen molar-refractivity contribution >= 4 is 40.5 Å². The lowest BCUT2D eigenvalue weighted by Crippen LogP contribution is -2.46. The van der Waals surface area contributed by atoms with Gasteiger partial charge < -0.3 is 10.1 Å². The molecule has 0 radical (unpaired) electrons. The third kappa shape index (κ3) is 4.25.